The van der Waals surface area contributed by atoms with E-state index in [4.69, 9.17) is 10.00 Å². The van der Waals surface area contributed by atoms with E-state index in [1.54, 1.807) is 6.20 Å². The molecule has 0 spiro atoms. The highest BCUT2D eigenvalue weighted by Gasteiger charge is 2.20. The van der Waals surface area contributed by atoms with E-state index >= 15 is 0 Å². The van der Waals surface area contributed by atoms with Gasteiger partial charge in [0.1, 0.15) is 11.6 Å². The molecule has 2 unspecified atom stereocenters. The van der Waals surface area contributed by atoms with E-state index in [-0.39, 0.29) is 17.6 Å². The van der Waals surface area contributed by atoms with Crippen LogP contribution < -0.4 is 5.32 Å². The van der Waals surface area contributed by atoms with E-state index < -0.39 is 0 Å². The first kappa shape index (κ1) is 14.9. The molecule has 0 aliphatic carbocycles. The molecule has 2 fully saturated rings. The smallest absolute Gasteiger partial charge is 0.263 e. The number of nitriles is 1. The molecule has 2 aliphatic rings. The fourth-order valence-corrected chi connectivity index (χ4v) is 2.72. The monoisotopic (exact) mass is 277 g/mol. The molecule has 5 heteroatoms. The van der Waals surface area contributed by atoms with Gasteiger partial charge in [-0.1, -0.05) is 0 Å². The van der Waals surface area contributed by atoms with Gasteiger partial charge >= 0.3 is 0 Å². The number of nitrogens with one attached hydrogen (secondary N) is 1. The van der Waals surface area contributed by atoms with Gasteiger partial charge in [-0.05, 0) is 39.0 Å². The topological polar surface area (TPSA) is 65.4 Å². The fraction of sp³-hybridized carbons (Fsp3) is 0.733. The first-order valence-corrected chi connectivity index (χ1v) is 7.48. The average molecular weight is 277 g/mol. The van der Waals surface area contributed by atoms with Crippen molar-refractivity contribution in [1.29, 1.82) is 5.26 Å². The Morgan fingerprint density at radius 1 is 1.45 bits per heavy atom. The lowest BCUT2D eigenvalue weighted by molar-refractivity contribution is -0.117. The Balaban J connectivity index is 1.89. The Morgan fingerprint density at radius 3 is 2.95 bits per heavy atom. The van der Waals surface area contributed by atoms with Gasteiger partial charge in [-0.3, -0.25) is 4.79 Å². The lowest BCUT2D eigenvalue weighted by atomic mass is 10.0. The van der Waals surface area contributed by atoms with Crippen molar-refractivity contribution < 1.29 is 9.53 Å². The zero-order chi connectivity index (χ0) is 14.4. The number of carbonyl (C=O) groups excluding carboxylic acids is 1. The van der Waals surface area contributed by atoms with E-state index in [9.17, 15) is 4.79 Å². The van der Waals surface area contributed by atoms with E-state index in [0.717, 1.165) is 38.8 Å². The summed E-state index contributed by atoms with van der Waals surface area (Å²) in [5, 5.41) is 12.0. The van der Waals surface area contributed by atoms with E-state index in [1.165, 1.54) is 6.42 Å². The van der Waals surface area contributed by atoms with Crippen LogP contribution in [0, 0.1) is 11.3 Å². The SMILES string of the molecule is CC1CCCCN1/C=C(/C#N)C(=O)NCC1CCCO1. The third-order valence-corrected chi connectivity index (χ3v) is 4.03. The van der Waals surface area contributed by atoms with Gasteiger partial charge in [-0.25, -0.2) is 0 Å². The van der Waals surface area contributed by atoms with Gasteiger partial charge in [0.2, 0.25) is 0 Å². The molecule has 2 rings (SSSR count). The zero-order valence-electron chi connectivity index (χ0n) is 12.1. The second-order valence-electron chi connectivity index (χ2n) is 5.58. The van der Waals surface area contributed by atoms with Crippen LogP contribution in [0.25, 0.3) is 0 Å². The zero-order valence-corrected chi connectivity index (χ0v) is 12.1. The molecule has 0 radical (unpaired) electrons. The summed E-state index contributed by atoms with van der Waals surface area (Å²) >= 11 is 0. The van der Waals surface area contributed by atoms with Gasteiger partial charge in [-0.15, -0.1) is 0 Å². The number of likely N-dealkylation sites (tertiary alicyclic amines) is 1. The first-order valence-electron chi connectivity index (χ1n) is 7.48. The van der Waals surface area contributed by atoms with Crippen LogP contribution in [-0.4, -0.2) is 42.6 Å². The molecule has 0 saturated carbocycles. The van der Waals surface area contributed by atoms with Crippen LogP contribution in [0.4, 0.5) is 0 Å². The van der Waals surface area contributed by atoms with Crippen LogP contribution in [0.1, 0.15) is 39.0 Å². The Bertz CT molecular complexity index is 408. The number of carbonyl (C=O) groups is 1. The molecule has 1 amide bonds. The summed E-state index contributed by atoms with van der Waals surface area (Å²) in [6.45, 7) is 4.32. The van der Waals surface area contributed by atoms with Crippen molar-refractivity contribution in [3.05, 3.63) is 11.8 Å². The molecule has 20 heavy (non-hydrogen) atoms. The van der Waals surface area contributed by atoms with Crippen LogP contribution in [0.5, 0.6) is 0 Å². The number of nitrogens with zero attached hydrogens (tertiary/aromatic N) is 2. The number of amides is 1. The van der Waals surface area contributed by atoms with E-state index in [1.807, 2.05) is 6.07 Å². The summed E-state index contributed by atoms with van der Waals surface area (Å²) < 4.78 is 5.46. The highest BCUT2D eigenvalue weighted by atomic mass is 16.5. The molecular formula is C15H23N3O2. The van der Waals surface area contributed by atoms with Crippen molar-refractivity contribution in [2.75, 3.05) is 19.7 Å². The predicted octanol–water partition coefficient (Wildman–Crippen LogP) is 1.56. The van der Waals surface area contributed by atoms with Gasteiger partial charge in [0.15, 0.2) is 0 Å². The highest BCUT2D eigenvalue weighted by Crippen LogP contribution is 2.17. The van der Waals surface area contributed by atoms with Crippen LogP contribution in [0.3, 0.4) is 0 Å². The van der Waals surface area contributed by atoms with Gasteiger partial charge < -0.3 is 15.0 Å². The molecular weight excluding hydrogens is 254 g/mol. The maximum absolute atomic E-state index is 12.0. The molecule has 0 aromatic rings. The maximum atomic E-state index is 12.0. The summed E-state index contributed by atoms with van der Waals surface area (Å²) in [6.07, 6.45) is 7.31. The summed E-state index contributed by atoms with van der Waals surface area (Å²) in [5.41, 5.74) is 0.191. The quantitative estimate of drug-likeness (QED) is 0.625. The lowest BCUT2D eigenvalue weighted by Crippen LogP contribution is -2.36. The van der Waals surface area contributed by atoms with Crippen molar-refractivity contribution in [2.45, 2.75) is 51.2 Å². The van der Waals surface area contributed by atoms with Crippen molar-refractivity contribution in [1.82, 2.24) is 10.2 Å². The molecule has 110 valence electrons. The van der Waals surface area contributed by atoms with E-state index in [2.05, 4.69) is 17.1 Å². The molecule has 2 saturated heterocycles. The summed E-state index contributed by atoms with van der Waals surface area (Å²) in [5.74, 6) is -0.291. The minimum atomic E-state index is -0.291. The number of rotatable bonds is 4. The van der Waals surface area contributed by atoms with Crippen molar-refractivity contribution in [3.63, 3.8) is 0 Å². The maximum Gasteiger partial charge on any atom is 0.263 e. The van der Waals surface area contributed by atoms with Crippen molar-refractivity contribution >= 4 is 5.91 Å². The van der Waals surface area contributed by atoms with Crippen LogP contribution in [-0.2, 0) is 9.53 Å². The largest absolute Gasteiger partial charge is 0.376 e. The molecule has 0 bridgehead atoms. The fourth-order valence-electron chi connectivity index (χ4n) is 2.72. The summed E-state index contributed by atoms with van der Waals surface area (Å²) in [6, 6.07) is 2.41. The molecule has 2 aliphatic heterocycles. The minimum Gasteiger partial charge on any atom is -0.376 e. The molecule has 0 aromatic carbocycles. The predicted molar refractivity (Wildman–Crippen MR) is 75.7 cm³/mol. The number of ether oxygens (including phenoxy) is 1. The normalized spacial score (nSPS) is 27.2. The Labute approximate surface area is 120 Å². The summed E-state index contributed by atoms with van der Waals surface area (Å²) in [4.78, 5) is 14.1. The van der Waals surface area contributed by atoms with Gasteiger partial charge in [-0.2, -0.15) is 5.26 Å². The standard InChI is InChI=1S/C15H23N3O2/c1-12-5-2-3-7-18(12)11-13(9-16)15(19)17-10-14-6-4-8-20-14/h11-12,14H,2-8,10H2,1H3,(H,17,19)/b13-11-. The Hall–Kier alpha value is -1.54. The molecule has 0 aromatic heterocycles. The number of hydrogen-bond acceptors (Lipinski definition) is 4. The van der Waals surface area contributed by atoms with Crippen LogP contribution in [0.2, 0.25) is 0 Å². The average Bonchev–Trinajstić information content (AvgIpc) is 2.97. The van der Waals surface area contributed by atoms with Crippen LogP contribution >= 0.6 is 0 Å². The van der Waals surface area contributed by atoms with Crippen molar-refractivity contribution in [3.8, 4) is 6.07 Å². The van der Waals surface area contributed by atoms with Gasteiger partial charge in [0, 0.05) is 31.9 Å². The van der Waals surface area contributed by atoms with Gasteiger partial charge in [0.25, 0.3) is 5.91 Å². The highest BCUT2D eigenvalue weighted by molar-refractivity contribution is 5.97. The third kappa shape index (κ3) is 3.97. The van der Waals surface area contributed by atoms with E-state index in [0.29, 0.717) is 12.6 Å². The second-order valence-corrected chi connectivity index (χ2v) is 5.58. The minimum absolute atomic E-state index is 0.104. The molecule has 1 N–H and O–H groups in total. The summed E-state index contributed by atoms with van der Waals surface area (Å²) in [7, 11) is 0. The Morgan fingerprint density at radius 2 is 2.30 bits per heavy atom. The lowest BCUT2D eigenvalue weighted by Gasteiger charge is -2.32. The first-order chi connectivity index (χ1) is 9.70. The second kappa shape index (κ2) is 7.30. The molecule has 2 heterocycles. The molecule has 5 nitrogen and oxygen atoms in total. The van der Waals surface area contributed by atoms with Crippen LogP contribution in [0.15, 0.2) is 11.8 Å². The number of hydrogen-bond donors (Lipinski definition) is 1. The molecule has 2 atom stereocenters. The number of piperidine rings is 1. The van der Waals surface area contributed by atoms with Crippen molar-refractivity contribution in [2.24, 2.45) is 0 Å². The third-order valence-electron chi connectivity index (χ3n) is 4.03. The Kier molecular flexibility index (Phi) is 5.42. The van der Waals surface area contributed by atoms with Gasteiger partial charge in [0.05, 0.1) is 6.10 Å².